The van der Waals surface area contributed by atoms with Crippen LogP contribution in [-0.4, -0.2) is 30.3 Å². The van der Waals surface area contributed by atoms with E-state index in [0.29, 0.717) is 17.6 Å². The maximum atomic E-state index is 12.8. The lowest BCUT2D eigenvalue weighted by Gasteiger charge is -2.13. The van der Waals surface area contributed by atoms with Gasteiger partial charge in [-0.25, -0.2) is 4.39 Å². The number of carbonyl (C=O) groups excluding carboxylic acids is 1. The lowest BCUT2D eigenvalue weighted by atomic mass is 10.0. The van der Waals surface area contributed by atoms with Crippen molar-refractivity contribution in [2.45, 2.75) is 31.8 Å². The van der Waals surface area contributed by atoms with Crippen molar-refractivity contribution in [3.05, 3.63) is 30.1 Å². The topological polar surface area (TPSA) is 58.6 Å². The van der Waals surface area contributed by atoms with Gasteiger partial charge in [-0.3, -0.25) is 4.79 Å². The minimum Gasteiger partial charge on any atom is -0.491 e. The minimum absolute atomic E-state index is 0.0673. The van der Waals surface area contributed by atoms with Gasteiger partial charge in [0.25, 0.3) is 0 Å². The third-order valence-electron chi connectivity index (χ3n) is 4.73. The standard InChI is InChI=1S/C17H22FNO3/c18-11-5-7-13(8-6-11)22-10-12(20)9-19-17(21)16-14-3-1-2-4-15(14)16/h5-8,12,14-16,20H,1-4,9-10H2,(H,19,21). The number of hydrogen-bond acceptors (Lipinski definition) is 3. The third-order valence-corrected chi connectivity index (χ3v) is 4.73. The summed E-state index contributed by atoms with van der Waals surface area (Å²) in [6, 6.07) is 5.63. The van der Waals surface area contributed by atoms with Gasteiger partial charge >= 0.3 is 0 Å². The molecule has 1 aromatic rings. The van der Waals surface area contributed by atoms with Crippen LogP contribution in [0.5, 0.6) is 5.75 Å². The molecule has 3 rings (SSSR count). The van der Waals surface area contributed by atoms with E-state index >= 15 is 0 Å². The van der Waals surface area contributed by atoms with E-state index in [4.69, 9.17) is 4.74 Å². The van der Waals surface area contributed by atoms with Crippen LogP contribution >= 0.6 is 0 Å². The molecule has 2 aliphatic rings. The van der Waals surface area contributed by atoms with E-state index in [2.05, 4.69) is 5.32 Å². The summed E-state index contributed by atoms with van der Waals surface area (Å²) in [5, 5.41) is 12.7. The van der Waals surface area contributed by atoms with Gasteiger partial charge in [0.15, 0.2) is 0 Å². The predicted molar refractivity (Wildman–Crippen MR) is 79.8 cm³/mol. The Bertz CT molecular complexity index is 507. The Kier molecular flexibility index (Phi) is 4.62. The zero-order valence-corrected chi connectivity index (χ0v) is 12.5. The number of aliphatic hydroxyl groups is 1. The Balaban J connectivity index is 1.36. The minimum atomic E-state index is -0.769. The van der Waals surface area contributed by atoms with E-state index in [1.165, 1.54) is 49.9 Å². The Morgan fingerprint density at radius 1 is 1.27 bits per heavy atom. The fourth-order valence-electron chi connectivity index (χ4n) is 3.50. The Morgan fingerprint density at radius 3 is 2.55 bits per heavy atom. The normalized spacial score (nSPS) is 27.6. The van der Waals surface area contributed by atoms with Gasteiger partial charge in [-0.05, 0) is 48.9 Å². The number of fused-ring (bicyclic) bond motifs is 1. The summed E-state index contributed by atoms with van der Waals surface area (Å²) in [5.41, 5.74) is 0. The Morgan fingerprint density at radius 2 is 1.91 bits per heavy atom. The molecule has 0 spiro atoms. The van der Waals surface area contributed by atoms with E-state index in [1.807, 2.05) is 0 Å². The highest BCUT2D eigenvalue weighted by Crippen LogP contribution is 2.55. The largest absolute Gasteiger partial charge is 0.491 e. The van der Waals surface area contributed by atoms with E-state index in [9.17, 15) is 14.3 Å². The van der Waals surface area contributed by atoms with Crippen LogP contribution in [0, 0.1) is 23.6 Å². The van der Waals surface area contributed by atoms with Crippen molar-refractivity contribution in [2.24, 2.45) is 17.8 Å². The van der Waals surface area contributed by atoms with Gasteiger partial charge in [0.2, 0.25) is 5.91 Å². The summed E-state index contributed by atoms with van der Waals surface area (Å²) in [7, 11) is 0. The van der Waals surface area contributed by atoms with Crippen molar-refractivity contribution < 1.29 is 19.0 Å². The molecule has 2 saturated carbocycles. The van der Waals surface area contributed by atoms with Gasteiger partial charge < -0.3 is 15.2 Å². The SMILES string of the molecule is O=C(NCC(O)COc1ccc(F)cc1)C1C2CCCCC21. The molecule has 2 fully saturated rings. The summed E-state index contributed by atoms with van der Waals surface area (Å²) >= 11 is 0. The molecule has 1 amide bonds. The zero-order valence-electron chi connectivity index (χ0n) is 12.5. The lowest BCUT2D eigenvalue weighted by Crippen LogP contribution is -2.36. The summed E-state index contributed by atoms with van der Waals surface area (Å²) in [6.45, 7) is 0.263. The van der Waals surface area contributed by atoms with Gasteiger partial charge in [-0.2, -0.15) is 0 Å². The molecule has 0 aromatic heterocycles. The molecule has 1 aromatic carbocycles. The number of carbonyl (C=O) groups is 1. The van der Waals surface area contributed by atoms with Crippen LogP contribution < -0.4 is 10.1 Å². The van der Waals surface area contributed by atoms with E-state index in [1.54, 1.807) is 0 Å². The first kappa shape index (κ1) is 15.3. The zero-order chi connectivity index (χ0) is 15.5. The number of hydrogen-bond donors (Lipinski definition) is 2. The van der Waals surface area contributed by atoms with Crippen molar-refractivity contribution in [3.63, 3.8) is 0 Å². The quantitative estimate of drug-likeness (QED) is 0.846. The van der Waals surface area contributed by atoms with Crippen LogP contribution in [0.1, 0.15) is 25.7 Å². The molecule has 22 heavy (non-hydrogen) atoms. The first-order valence-electron chi connectivity index (χ1n) is 7.99. The van der Waals surface area contributed by atoms with Crippen LogP contribution in [0.2, 0.25) is 0 Å². The summed E-state index contributed by atoms with van der Waals surface area (Å²) in [4.78, 5) is 12.1. The second kappa shape index (κ2) is 6.65. The molecule has 3 atom stereocenters. The van der Waals surface area contributed by atoms with Gasteiger partial charge in [-0.15, -0.1) is 0 Å². The van der Waals surface area contributed by atoms with Gasteiger partial charge in [0.1, 0.15) is 24.3 Å². The van der Waals surface area contributed by atoms with E-state index in [0.717, 1.165) is 0 Å². The molecular weight excluding hydrogens is 285 g/mol. The molecule has 0 heterocycles. The summed E-state index contributed by atoms with van der Waals surface area (Å²) < 4.78 is 18.1. The fraction of sp³-hybridized carbons (Fsp3) is 0.588. The second-order valence-corrected chi connectivity index (χ2v) is 6.30. The van der Waals surface area contributed by atoms with Crippen LogP contribution in [0.15, 0.2) is 24.3 Å². The van der Waals surface area contributed by atoms with Crippen molar-refractivity contribution in [1.29, 1.82) is 0 Å². The van der Waals surface area contributed by atoms with Crippen LogP contribution in [0.4, 0.5) is 4.39 Å². The molecule has 0 aliphatic heterocycles. The molecule has 0 saturated heterocycles. The third kappa shape index (κ3) is 3.58. The lowest BCUT2D eigenvalue weighted by molar-refractivity contribution is -0.123. The molecule has 4 nitrogen and oxygen atoms in total. The molecule has 120 valence electrons. The highest BCUT2D eigenvalue weighted by atomic mass is 19.1. The molecule has 2 aliphatic carbocycles. The van der Waals surface area contributed by atoms with Crippen molar-refractivity contribution in [1.82, 2.24) is 5.32 Å². The fourth-order valence-corrected chi connectivity index (χ4v) is 3.50. The second-order valence-electron chi connectivity index (χ2n) is 6.30. The smallest absolute Gasteiger partial charge is 0.223 e. The number of aliphatic hydroxyl groups excluding tert-OH is 1. The first-order chi connectivity index (χ1) is 10.6. The number of rotatable bonds is 6. The number of ether oxygens (including phenoxy) is 1. The maximum absolute atomic E-state index is 12.8. The number of benzene rings is 1. The van der Waals surface area contributed by atoms with Crippen molar-refractivity contribution in [2.75, 3.05) is 13.2 Å². The van der Waals surface area contributed by atoms with Crippen LogP contribution in [0.3, 0.4) is 0 Å². The predicted octanol–water partition coefficient (Wildman–Crippen LogP) is 2.12. The molecule has 0 bridgehead atoms. The molecule has 0 radical (unpaired) electrons. The van der Waals surface area contributed by atoms with Gasteiger partial charge in [0.05, 0.1) is 0 Å². The summed E-state index contributed by atoms with van der Waals surface area (Å²) in [5.74, 6) is 1.54. The molecular formula is C17H22FNO3. The average Bonchev–Trinajstić information content (AvgIpc) is 3.26. The maximum Gasteiger partial charge on any atom is 0.223 e. The Hall–Kier alpha value is -1.62. The van der Waals surface area contributed by atoms with Crippen LogP contribution in [0.25, 0.3) is 0 Å². The summed E-state index contributed by atoms with van der Waals surface area (Å²) in [6.07, 6.45) is 4.03. The van der Waals surface area contributed by atoms with E-state index in [-0.39, 0.29) is 30.8 Å². The first-order valence-corrected chi connectivity index (χ1v) is 7.99. The highest BCUT2D eigenvalue weighted by Gasteiger charge is 2.54. The average molecular weight is 307 g/mol. The van der Waals surface area contributed by atoms with Crippen molar-refractivity contribution in [3.8, 4) is 5.75 Å². The number of amides is 1. The molecule has 5 heteroatoms. The Labute approximate surface area is 129 Å². The van der Waals surface area contributed by atoms with Gasteiger partial charge in [0, 0.05) is 12.5 Å². The molecule has 3 unspecified atom stereocenters. The highest BCUT2D eigenvalue weighted by molar-refractivity contribution is 5.82. The van der Waals surface area contributed by atoms with Crippen LogP contribution in [-0.2, 0) is 4.79 Å². The van der Waals surface area contributed by atoms with E-state index < -0.39 is 6.10 Å². The van der Waals surface area contributed by atoms with Crippen molar-refractivity contribution >= 4 is 5.91 Å². The van der Waals surface area contributed by atoms with Gasteiger partial charge in [-0.1, -0.05) is 12.8 Å². The molecule has 2 N–H and O–H groups in total. The number of halogens is 1. The number of nitrogens with one attached hydrogen (secondary N) is 1. The monoisotopic (exact) mass is 307 g/mol.